The van der Waals surface area contributed by atoms with Crippen LogP contribution in [-0.2, 0) is 14.8 Å². The van der Waals surface area contributed by atoms with E-state index in [2.05, 4.69) is 16.9 Å². The molecule has 112 valence electrons. The van der Waals surface area contributed by atoms with Gasteiger partial charge in [-0.1, -0.05) is 24.8 Å². The number of hydrogen-bond acceptors (Lipinski definition) is 5. The van der Waals surface area contributed by atoms with Crippen molar-refractivity contribution in [2.45, 2.75) is 11.8 Å². The number of sulfonamides is 1. The molecule has 1 N–H and O–H groups in total. The van der Waals surface area contributed by atoms with E-state index >= 15 is 0 Å². The lowest BCUT2D eigenvalue weighted by atomic mass is 10.3. The SMILES string of the molecule is C=CC(=O)Nc1nc2ccc(S(=O)(=O)N(C)CC)cc2s1. The van der Waals surface area contributed by atoms with E-state index in [0.29, 0.717) is 21.9 Å². The molecule has 0 saturated carbocycles. The second-order valence-corrected chi connectivity index (χ2v) is 7.34. The first-order valence-electron chi connectivity index (χ1n) is 6.19. The van der Waals surface area contributed by atoms with Crippen LogP contribution in [0.1, 0.15) is 6.92 Å². The number of hydrogen-bond donors (Lipinski definition) is 1. The number of rotatable bonds is 5. The fourth-order valence-electron chi connectivity index (χ4n) is 1.63. The average molecular weight is 325 g/mol. The number of carbonyl (C=O) groups is 1. The highest BCUT2D eigenvalue weighted by molar-refractivity contribution is 7.89. The molecule has 0 fully saturated rings. The smallest absolute Gasteiger partial charge is 0.249 e. The van der Waals surface area contributed by atoms with Crippen LogP contribution in [0.5, 0.6) is 0 Å². The lowest BCUT2D eigenvalue weighted by molar-refractivity contribution is -0.111. The third kappa shape index (κ3) is 3.12. The molecule has 0 aliphatic heterocycles. The van der Waals surface area contributed by atoms with Gasteiger partial charge in [0, 0.05) is 13.6 Å². The first kappa shape index (κ1) is 15.6. The minimum atomic E-state index is -3.49. The fourth-order valence-corrected chi connectivity index (χ4v) is 3.81. The second kappa shape index (κ2) is 5.92. The van der Waals surface area contributed by atoms with Crippen molar-refractivity contribution in [3.05, 3.63) is 30.9 Å². The number of thiazole rings is 1. The number of carbonyl (C=O) groups excluding carboxylic acids is 1. The number of nitrogens with zero attached hydrogens (tertiary/aromatic N) is 2. The maximum atomic E-state index is 12.3. The lowest BCUT2D eigenvalue weighted by Crippen LogP contribution is -2.26. The molecule has 1 heterocycles. The van der Waals surface area contributed by atoms with Gasteiger partial charge in [0.05, 0.1) is 15.1 Å². The van der Waals surface area contributed by atoms with Crippen molar-refractivity contribution in [1.29, 1.82) is 0 Å². The Morgan fingerprint density at radius 1 is 1.52 bits per heavy atom. The molecule has 0 aliphatic rings. The highest BCUT2D eigenvalue weighted by atomic mass is 32.2. The predicted octanol–water partition coefficient (Wildman–Crippen LogP) is 2.06. The summed E-state index contributed by atoms with van der Waals surface area (Å²) in [6.07, 6.45) is 1.15. The third-order valence-corrected chi connectivity index (χ3v) is 5.79. The van der Waals surface area contributed by atoms with Gasteiger partial charge >= 0.3 is 0 Å². The van der Waals surface area contributed by atoms with Crippen molar-refractivity contribution >= 4 is 42.6 Å². The topological polar surface area (TPSA) is 79.4 Å². The molecule has 8 heteroatoms. The summed E-state index contributed by atoms with van der Waals surface area (Å²) < 4.78 is 26.5. The van der Waals surface area contributed by atoms with E-state index in [-0.39, 0.29) is 10.8 Å². The van der Waals surface area contributed by atoms with Crippen LogP contribution in [0.15, 0.2) is 35.7 Å². The van der Waals surface area contributed by atoms with Crippen LogP contribution >= 0.6 is 11.3 Å². The van der Waals surface area contributed by atoms with Gasteiger partial charge in [0.1, 0.15) is 0 Å². The van der Waals surface area contributed by atoms with Crippen molar-refractivity contribution in [3.63, 3.8) is 0 Å². The summed E-state index contributed by atoms with van der Waals surface area (Å²) in [6, 6.07) is 4.71. The molecule has 0 unspecified atom stereocenters. The van der Waals surface area contributed by atoms with Crippen molar-refractivity contribution in [2.24, 2.45) is 0 Å². The van der Waals surface area contributed by atoms with Crippen LogP contribution < -0.4 is 5.32 Å². The molecule has 2 aromatic rings. The largest absolute Gasteiger partial charge is 0.298 e. The first-order chi connectivity index (χ1) is 9.88. The molecule has 0 atom stereocenters. The molecular formula is C13H15N3O3S2. The van der Waals surface area contributed by atoms with E-state index in [1.54, 1.807) is 19.1 Å². The van der Waals surface area contributed by atoms with Crippen LogP contribution in [0, 0.1) is 0 Å². The van der Waals surface area contributed by atoms with Crippen LogP contribution in [0.25, 0.3) is 10.2 Å². The van der Waals surface area contributed by atoms with Crippen LogP contribution in [0.2, 0.25) is 0 Å². The first-order valence-corrected chi connectivity index (χ1v) is 8.44. The van der Waals surface area contributed by atoms with Gasteiger partial charge in [-0.05, 0) is 24.3 Å². The minimum absolute atomic E-state index is 0.213. The second-order valence-electron chi connectivity index (χ2n) is 4.26. The quantitative estimate of drug-likeness (QED) is 0.853. The average Bonchev–Trinajstić information content (AvgIpc) is 2.87. The molecule has 21 heavy (non-hydrogen) atoms. The molecule has 0 spiro atoms. The van der Waals surface area contributed by atoms with Gasteiger partial charge in [-0.15, -0.1) is 0 Å². The Hall–Kier alpha value is -1.77. The third-order valence-electron chi connectivity index (χ3n) is 2.93. The Morgan fingerprint density at radius 3 is 2.86 bits per heavy atom. The summed E-state index contributed by atoms with van der Waals surface area (Å²) in [4.78, 5) is 15.7. The summed E-state index contributed by atoms with van der Waals surface area (Å²) in [5, 5.41) is 2.97. The number of amides is 1. The van der Waals surface area contributed by atoms with E-state index in [0.717, 1.165) is 6.08 Å². The summed E-state index contributed by atoms with van der Waals surface area (Å²) in [6.45, 7) is 5.53. The van der Waals surface area contributed by atoms with Gasteiger partial charge in [0.15, 0.2) is 5.13 Å². The maximum absolute atomic E-state index is 12.3. The van der Waals surface area contributed by atoms with Gasteiger partial charge < -0.3 is 0 Å². The van der Waals surface area contributed by atoms with Gasteiger partial charge in [0.2, 0.25) is 15.9 Å². The zero-order valence-electron chi connectivity index (χ0n) is 11.7. The van der Waals surface area contributed by atoms with Gasteiger partial charge in [0.25, 0.3) is 0 Å². The molecular weight excluding hydrogens is 310 g/mol. The van der Waals surface area contributed by atoms with E-state index < -0.39 is 10.0 Å². The van der Waals surface area contributed by atoms with Crippen molar-refractivity contribution in [2.75, 3.05) is 18.9 Å². The summed E-state index contributed by atoms with van der Waals surface area (Å²) in [5.41, 5.74) is 0.637. The summed E-state index contributed by atoms with van der Waals surface area (Å²) in [5.74, 6) is -0.354. The van der Waals surface area contributed by atoms with E-state index in [1.807, 2.05) is 0 Å². The molecule has 2 rings (SSSR count). The van der Waals surface area contributed by atoms with E-state index in [9.17, 15) is 13.2 Å². The molecule has 0 aliphatic carbocycles. The number of aromatic nitrogens is 1. The highest BCUT2D eigenvalue weighted by Gasteiger charge is 2.20. The van der Waals surface area contributed by atoms with E-state index in [4.69, 9.17) is 0 Å². The van der Waals surface area contributed by atoms with Gasteiger partial charge in [-0.25, -0.2) is 17.7 Å². The number of nitrogens with one attached hydrogen (secondary N) is 1. The molecule has 0 radical (unpaired) electrons. The van der Waals surface area contributed by atoms with Crippen LogP contribution in [-0.4, -0.2) is 37.2 Å². The van der Waals surface area contributed by atoms with Crippen molar-refractivity contribution in [1.82, 2.24) is 9.29 Å². The Labute approximate surface area is 127 Å². The monoisotopic (exact) mass is 325 g/mol. The molecule has 1 aromatic carbocycles. The van der Waals surface area contributed by atoms with E-state index in [1.165, 1.54) is 28.8 Å². The zero-order chi connectivity index (χ0) is 15.6. The van der Waals surface area contributed by atoms with Crippen LogP contribution in [0.3, 0.4) is 0 Å². The zero-order valence-corrected chi connectivity index (χ0v) is 13.3. The summed E-state index contributed by atoms with van der Waals surface area (Å²) >= 11 is 1.22. The molecule has 6 nitrogen and oxygen atoms in total. The Balaban J connectivity index is 2.43. The van der Waals surface area contributed by atoms with Gasteiger partial charge in [-0.2, -0.15) is 0 Å². The molecule has 0 bridgehead atoms. The van der Waals surface area contributed by atoms with Gasteiger partial charge in [-0.3, -0.25) is 10.1 Å². The Morgan fingerprint density at radius 2 is 2.24 bits per heavy atom. The Kier molecular flexibility index (Phi) is 4.40. The predicted molar refractivity (Wildman–Crippen MR) is 83.9 cm³/mol. The Bertz CT molecular complexity index is 796. The normalized spacial score (nSPS) is 11.8. The minimum Gasteiger partial charge on any atom is -0.298 e. The lowest BCUT2D eigenvalue weighted by Gasteiger charge is -2.14. The van der Waals surface area contributed by atoms with Crippen molar-refractivity contribution in [3.8, 4) is 0 Å². The number of fused-ring (bicyclic) bond motifs is 1. The fraction of sp³-hybridized carbons (Fsp3) is 0.231. The van der Waals surface area contributed by atoms with Crippen molar-refractivity contribution < 1.29 is 13.2 Å². The molecule has 0 saturated heterocycles. The maximum Gasteiger partial charge on any atom is 0.249 e. The molecule has 1 amide bonds. The molecule has 1 aromatic heterocycles. The number of benzene rings is 1. The standard InChI is InChI=1S/C13H15N3O3S2/c1-4-12(17)15-13-14-10-7-6-9(8-11(10)20-13)21(18,19)16(3)5-2/h4,6-8H,1,5H2,2-3H3,(H,14,15,17). The highest BCUT2D eigenvalue weighted by Crippen LogP contribution is 2.28. The van der Waals surface area contributed by atoms with Crippen LogP contribution in [0.4, 0.5) is 5.13 Å². The summed E-state index contributed by atoms with van der Waals surface area (Å²) in [7, 11) is -1.96. The number of anilines is 1.